The number of piperidine rings is 1. The van der Waals surface area contributed by atoms with Crippen LogP contribution in [-0.2, 0) is 4.79 Å². The van der Waals surface area contributed by atoms with Gasteiger partial charge in [-0.3, -0.25) is 9.36 Å². The summed E-state index contributed by atoms with van der Waals surface area (Å²) in [7, 11) is 0. The van der Waals surface area contributed by atoms with E-state index in [1.54, 1.807) is 25.2 Å². The fourth-order valence-corrected chi connectivity index (χ4v) is 4.46. The van der Waals surface area contributed by atoms with Crippen molar-refractivity contribution in [2.24, 2.45) is 5.92 Å². The fraction of sp³-hybridized carbons (Fsp3) is 0.455. The van der Waals surface area contributed by atoms with Crippen molar-refractivity contribution in [2.45, 2.75) is 19.8 Å². The van der Waals surface area contributed by atoms with Crippen LogP contribution in [0, 0.1) is 12.8 Å². The van der Waals surface area contributed by atoms with Crippen molar-refractivity contribution >= 4 is 17.5 Å². The Balaban J connectivity index is 1.21. The number of amides is 1. The van der Waals surface area contributed by atoms with Gasteiger partial charge < -0.3 is 14.7 Å². The first kappa shape index (κ1) is 20.3. The van der Waals surface area contributed by atoms with Crippen molar-refractivity contribution < 1.29 is 4.79 Å². The summed E-state index contributed by atoms with van der Waals surface area (Å²) in [5, 5.41) is 0. The summed E-state index contributed by atoms with van der Waals surface area (Å²) in [6, 6.07) is 3.95. The molecule has 0 unspecified atom stereocenters. The van der Waals surface area contributed by atoms with Gasteiger partial charge in [-0.05, 0) is 19.8 Å². The number of aromatic nitrogens is 6. The van der Waals surface area contributed by atoms with E-state index < -0.39 is 0 Å². The number of anilines is 2. The molecule has 0 bridgehead atoms. The summed E-state index contributed by atoms with van der Waals surface area (Å²) < 4.78 is 1.86. The maximum absolute atomic E-state index is 13.3. The van der Waals surface area contributed by atoms with Crippen LogP contribution in [0.15, 0.2) is 43.5 Å². The molecule has 0 saturated carbocycles. The highest BCUT2D eigenvalue weighted by Crippen LogP contribution is 2.25. The molecule has 1 atom stereocenters. The predicted molar refractivity (Wildman–Crippen MR) is 120 cm³/mol. The van der Waals surface area contributed by atoms with E-state index in [4.69, 9.17) is 0 Å². The highest BCUT2D eigenvalue weighted by molar-refractivity contribution is 5.80. The number of carbonyl (C=O) groups is 1. The average Bonchev–Trinajstić information content (AvgIpc) is 3.39. The first-order chi connectivity index (χ1) is 15.7. The van der Waals surface area contributed by atoms with Gasteiger partial charge in [-0.2, -0.15) is 0 Å². The Morgan fingerprint density at radius 1 is 0.906 bits per heavy atom. The molecule has 2 saturated heterocycles. The normalized spacial score (nSPS) is 19.3. The molecule has 0 radical (unpaired) electrons. The Labute approximate surface area is 187 Å². The Bertz CT molecular complexity index is 1060. The molecule has 166 valence electrons. The molecule has 0 aromatic carbocycles. The van der Waals surface area contributed by atoms with E-state index in [2.05, 4.69) is 34.7 Å². The van der Waals surface area contributed by atoms with E-state index in [0.29, 0.717) is 6.54 Å². The van der Waals surface area contributed by atoms with E-state index in [9.17, 15) is 4.79 Å². The fourth-order valence-electron chi connectivity index (χ4n) is 4.46. The van der Waals surface area contributed by atoms with Crippen LogP contribution < -0.4 is 9.80 Å². The molecule has 32 heavy (non-hydrogen) atoms. The molecule has 5 heterocycles. The zero-order chi connectivity index (χ0) is 21.9. The maximum atomic E-state index is 13.3. The summed E-state index contributed by atoms with van der Waals surface area (Å²) in [4.78, 5) is 41.2. The standard InChI is InChI=1S/C22H27N9O/c1-17-11-19(25-14-24-17)28-7-9-29(10-8-28)22(32)18-3-2-5-30(13-18)20-12-21(27-15-26-20)31-6-4-23-16-31/h4,6,11-12,14-16,18H,2-3,5,7-10,13H2,1H3/t18-/m0/s1. The largest absolute Gasteiger partial charge is 0.356 e. The number of carbonyl (C=O) groups excluding carboxylic acids is 1. The number of hydrogen-bond acceptors (Lipinski definition) is 8. The molecule has 0 N–H and O–H groups in total. The van der Waals surface area contributed by atoms with Crippen LogP contribution in [0.2, 0.25) is 0 Å². The van der Waals surface area contributed by atoms with Gasteiger partial charge in [0.25, 0.3) is 0 Å². The first-order valence-corrected chi connectivity index (χ1v) is 11.0. The van der Waals surface area contributed by atoms with Crippen molar-refractivity contribution in [3.05, 3.63) is 49.2 Å². The van der Waals surface area contributed by atoms with Crippen LogP contribution in [0.1, 0.15) is 18.5 Å². The predicted octanol–water partition coefficient (Wildman–Crippen LogP) is 1.33. The van der Waals surface area contributed by atoms with Gasteiger partial charge in [0.1, 0.15) is 36.4 Å². The van der Waals surface area contributed by atoms with Gasteiger partial charge in [0, 0.05) is 69.5 Å². The minimum atomic E-state index is -0.0109. The van der Waals surface area contributed by atoms with Crippen LogP contribution in [0.25, 0.3) is 5.82 Å². The number of rotatable bonds is 4. The number of piperazine rings is 1. The second kappa shape index (κ2) is 8.89. The lowest BCUT2D eigenvalue weighted by molar-refractivity contribution is -0.136. The number of aryl methyl sites for hydroxylation is 1. The molecule has 10 heteroatoms. The van der Waals surface area contributed by atoms with Gasteiger partial charge in [0.2, 0.25) is 5.91 Å². The van der Waals surface area contributed by atoms with E-state index in [1.807, 2.05) is 34.7 Å². The maximum Gasteiger partial charge on any atom is 0.227 e. The molecule has 2 aliphatic rings. The van der Waals surface area contributed by atoms with Crippen molar-refractivity contribution in [2.75, 3.05) is 49.1 Å². The molecule has 3 aromatic heterocycles. The van der Waals surface area contributed by atoms with Gasteiger partial charge in [0.15, 0.2) is 0 Å². The first-order valence-electron chi connectivity index (χ1n) is 11.0. The molecule has 5 rings (SSSR count). The van der Waals surface area contributed by atoms with Gasteiger partial charge in [-0.1, -0.05) is 0 Å². The molecule has 1 amide bonds. The van der Waals surface area contributed by atoms with E-state index in [1.165, 1.54) is 0 Å². The number of imidazole rings is 1. The van der Waals surface area contributed by atoms with Gasteiger partial charge in [-0.25, -0.2) is 24.9 Å². The molecule has 3 aromatic rings. The third-order valence-electron chi connectivity index (χ3n) is 6.21. The van der Waals surface area contributed by atoms with Crippen LogP contribution >= 0.6 is 0 Å². The lowest BCUT2D eigenvalue weighted by Crippen LogP contribution is -2.53. The number of nitrogens with zero attached hydrogens (tertiary/aromatic N) is 9. The minimum Gasteiger partial charge on any atom is -0.356 e. The quantitative estimate of drug-likeness (QED) is 0.608. The highest BCUT2D eigenvalue weighted by atomic mass is 16.2. The van der Waals surface area contributed by atoms with Crippen LogP contribution in [0.5, 0.6) is 0 Å². The summed E-state index contributed by atoms with van der Waals surface area (Å²) in [5.74, 6) is 2.80. The molecule has 2 fully saturated rings. The third-order valence-corrected chi connectivity index (χ3v) is 6.21. The summed E-state index contributed by atoms with van der Waals surface area (Å²) in [6.07, 6.45) is 10.4. The smallest absolute Gasteiger partial charge is 0.227 e. The summed E-state index contributed by atoms with van der Waals surface area (Å²) >= 11 is 0. The van der Waals surface area contributed by atoms with Crippen LogP contribution in [0.4, 0.5) is 11.6 Å². The molecule has 0 aliphatic carbocycles. The monoisotopic (exact) mass is 433 g/mol. The molecular weight excluding hydrogens is 406 g/mol. The van der Waals surface area contributed by atoms with Crippen molar-refractivity contribution in [1.82, 2.24) is 34.4 Å². The average molecular weight is 434 g/mol. The van der Waals surface area contributed by atoms with E-state index >= 15 is 0 Å². The van der Waals surface area contributed by atoms with Gasteiger partial charge >= 0.3 is 0 Å². The Hall–Kier alpha value is -3.56. The summed E-state index contributed by atoms with van der Waals surface area (Å²) in [5.41, 5.74) is 0.955. The zero-order valence-corrected chi connectivity index (χ0v) is 18.2. The van der Waals surface area contributed by atoms with Crippen LogP contribution in [-0.4, -0.2) is 79.6 Å². The van der Waals surface area contributed by atoms with Crippen molar-refractivity contribution in [3.8, 4) is 5.82 Å². The van der Waals surface area contributed by atoms with Crippen molar-refractivity contribution in [3.63, 3.8) is 0 Å². The topological polar surface area (TPSA) is 96.2 Å². The van der Waals surface area contributed by atoms with E-state index in [-0.39, 0.29) is 11.8 Å². The Morgan fingerprint density at radius 2 is 1.66 bits per heavy atom. The third kappa shape index (κ3) is 4.25. The second-order valence-electron chi connectivity index (χ2n) is 8.32. The lowest BCUT2D eigenvalue weighted by Gasteiger charge is -2.39. The molecule has 10 nitrogen and oxygen atoms in total. The number of hydrogen-bond donors (Lipinski definition) is 0. The molecule has 0 spiro atoms. The van der Waals surface area contributed by atoms with E-state index in [0.717, 1.165) is 68.7 Å². The Morgan fingerprint density at radius 3 is 2.41 bits per heavy atom. The lowest BCUT2D eigenvalue weighted by atomic mass is 9.96. The highest BCUT2D eigenvalue weighted by Gasteiger charge is 2.32. The zero-order valence-electron chi connectivity index (χ0n) is 18.2. The van der Waals surface area contributed by atoms with Crippen molar-refractivity contribution in [1.29, 1.82) is 0 Å². The van der Waals surface area contributed by atoms with Crippen LogP contribution in [0.3, 0.4) is 0 Å². The minimum absolute atomic E-state index is 0.0109. The Kier molecular flexibility index (Phi) is 5.66. The summed E-state index contributed by atoms with van der Waals surface area (Å²) in [6.45, 7) is 6.57. The molecular formula is C22H27N9O. The van der Waals surface area contributed by atoms with Gasteiger partial charge in [-0.15, -0.1) is 0 Å². The molecule has 2 aliphatic heterocycles. The van der Waals surface area contributed by atoms with Gasteiger partial charge in [0.05, 0.1) is 5.92 Å². The SMILES string of the molecule is Cc1cc(N2CCN(C(=O)[C@H]3CCCN(c4cc(-n5ccnc5)ncn4)C3)CC2)ncn1. The second-order valence-corrected chi connectivity index (χ2v) is 8.32.